The predicted molar refractivity (Wildman–Crippen MR) is 109 cm³/mol. The van der Waals surface area contributed by atoms with E-state index in [0.29, 0.717) is 24.4 Å². The van der Waals surface area contributed by atoms with Gasteiger partial charge in [0.05, 0.1) is 11.6 Å². The Morgan fingerprint density at radius 3 is 2.96 bits per heavy atom. The van der Waals surface area contributed by atoms with Gasteiger partial charge >= 0.3 is 0 Å². The van der Waals surface area contributed by atoms with E-state index in [4.69, 9.17) is 11.6 Å². The summed E-state index contributed by atoms with van der Waals surface area (Å²) in [6.07, 6.45) is 3.03. The molecule has 1 amide bonds. The fourth-order valence-corrected chi connectivity index (χ4v) is 3.97. The smallest absolute Gasteiger partial charge is 0.223 e. The number of nitrogens with zero attached hydrogens (tertiary/aromatic N) is 2. The van der Waals surface area contributed by atoms with Gasteiger partial charge in [0, 0.05) is 42.7 Å². The number of carbonyl (C=O) groups excluding carboxylic acids is 1. The molecule has 1 aliphatic heterocycles. The summed E-state index contributed by atoms with van der Waals surface area (Å²) >= 11 is 6.16. The lowest BCUT2D eigenvalue weighted by Crippen LogP contribution is -2.48. The summed E-state index contributed by atoms with van der Waals surface area (Å²) in [5.41, 5.74) is 3.22. The summed E-state index contributed by atoms with van der Waals surface area (Å²) in [5.74, 6) is 0.183. The number of amides is 1. The van der Waals surface area contributed by atoms with Gasteiger partial charge < -0.3 is 10.2 Å². The van der Waals surface area contributed by atoms with Crippen molar-refractivity contribution in [3.63, 3.8) is 0 Å². The molecule has 1 aliphatic rings. The molecule has 0 saturated carbocycles. The van der Waals surface area contributed by atoms with Crippen LogP contribution in [0.1, 0.15) is 23.6 Å². The lowest BCUT2D eigenvalue weighted by atomic mass is 10.0. The van der Waals surface area contributed by atoms with E-state index < -0.39 is 0 Å². The predicted octanol–water partition coefficient (Wildman–Crippen LogP) is 3.99. The number of hydrogen-bond acceptors (Lipinski definition) is 3. The average Bonchev–Trinajstić information content (AvgIpc) is 2.72. The zero-order valence-electron chi connectivity index (χ0n) is 15.1. The third-order valence-electron chi connectivity index (χ3n) is 5.14. The molecular formula is C22H22ClN3O. The molecule has 2 heterocycles. The number of benzene rings is 2. The standard InChI is InChI=1S/C22H22ClN3O/c23-18-5-3-4-17(14-18)21-15-24-12-13-26(21)22(27)9-8-16-10-11-25-20-7-2-1-6-19(16)20/h1-7,10-11,14,21,24H,8-9,12-13,15H2. The zero-order valence-corrected chi connectivity index (χ0v) is 15.8. The van der Waals surface area contributed by atoms with E-state index in [1.54, 1.807) is 0 Å². The van der Waals surface area contributed by atoms with Gasteiger partial charge in [-0.15, -0.1) is 0 Å². The first-order chi connectivity index (χ1) is 13.2. The van der Waals surface area contributed by atoms with Crippen molar-refractivity contribution in [2.24, 2.45) is 0 Å². The van der Waals surface area contributed by atoms with E-state index in [-0.39, 0.29) is 11.9 Å². The normalized spacial score (nSPS) is 17.2. The molecule has 1 atom stereocenters. The number of halogens is 1. The van der Waals surface area contributed by atoms with Gasteiger partial charge in [-0.1, -0.05) is 41.9 Å². The maximum absolute atomic E-state index is 13.0. The largest absolute Gasteiger partial charge is 0.333 e. The Kier molecular flexibility index (Phi) is 5.37. The molecule has 0 spiro atoms. The Bertz CT molecular complexity index is 954. The fourth-order valence-electron chi connectivity index (χ4n) is 3.77. The van der Waals surface area contributed by atoms with Crippen molar-refractivity contribution < 1.29 is 4.79 Å². The van der Waals surface area contributed by atoms with Crippen LogP contribution < -0.4 is 5.32 Å². The first-order valence-corrected chi connectivity index (χ1v) is 9.68. The molecule has 138 valence electrons. The minimum atomic E-state index is 0.0270. The number of aromatic nitrogens is 1. The summed E-state index contributed by atoms with van der Waals surface area (Å²) < 4.78 is 0. The number of piperazine rings is 1. The Morgan fingerprint density at radius 1 is 1.19 bits per heavy atom. The quantitative estimate of drug-likeness (QED) is 0.745. The van der Waals surface area contributed by atoms with Gasteiger partial charge in [-0.25, -0.2) is 0 Å². The number of nitrogens with one attached hydrogen (secondary N) is 1. The topological polar surface area (TPSA) is 45.2 Å². The molecule has 4 rings (SSSR count). The first kappa shape index (κ1) is 18.0. The van der Waals surface area contributed by atoms with Gasteiger partial charge in [0.2, 0.25) is 5.91 Å². The molecule has 1 unspecified atom stereocenters. The second kappa shape index (κ2) is 8.07. The minimum Gasteiger partial charge on any atom is -0.333 e. The highest BCUT2D eigenvalue weighted by Crippen LogP contribution is 2.26. The van der Waals surface area contributed by atoms with Crippen LogP contribution in [0.15, 0.2) is 60.8 Å². The molecular weight excluding hydrogens is 358 g/mol. The van der Waals surface area contributed by atoms with Crippen LogP contribution in [-0.2, 0) is 11.2 Å². The molecule has 5 heteroatoms. The number of pyridine rings is 1. The molecule has 0 bridgehead atoms. The summed E-state index contributed by atoms with van der Waals surface area (Å²) in [4.78, 5) is 19.4. The van der Waals surface area contributed by atoms with Gasteiger partial charge in [0.15, 0.2) is 0 Å². The van der Waals surface area contributed by atoms with Crippen LogP contribution in [0, 0.1) is 0 Å². The highest BCUT2D eigenvalue weighted by atomic mass is 35.5. The molecule has 1 fully saturated rings. The maximum Gasteiger partial charge on any atom is 0.223 e. The van der Waals surface area contributed by atoms with Crippen LogP contribution in [0.3, 0.4) is 0 Å². The molecule has 27 heavy (non-hydrogen) atoms. The van der Waals surface area contributed by atoms with E-state index in [1.165, 1.54) is 5.56 Å². The Balaban J connectivity index is 1.51. The highest BCUT2D eigenvalue weighted by molar-refractivity contribution is 6.30. The lowest BCUT2D eigenvalue weighted by molar-refractivity contribution is -0.134. The molecule has 4 nitrogen and oxygen atoms in total. The minimum absolute atomic E-state index is 0.0270. The van der Waals surface area contributed by atoms with Crippen molar-refractivity contribution in [2.45, 2.75) is 18.9 Å². The van der Waals surface area contributed by atoms with E-state index in [0.717, 1.165) is 29.6 Å². The Hall–Kier alpha value is -2.43. The Labute approximate surface area is 164 Å². The SMILES string of the molecule is O=C(CCc1ccnc2ccccc12)N1CCNCC1c1cccc(Cl)c1. The van der Waals surface area contributed by atoms with Gasteiger partial charge in [-0.2, -0.15) is 0 Å². The van der Waals surface area contributed by atoms with E-state index >= 15 is 0 Å². The number of rotatable bonds is 4. The molecule has 1 aromatic heterocycles. The third-order valence-corrected chi connectivity index (χ3v) is 5.38. The highest BCUT2D eigenvalue weighted by Gasteiger charge is 2.27. The van der Waals surface area contributed by atoms with Crippen molar-refractivity contribution in [1.82, 2.24) is 15.2 Å². The zero-order chi connectivity index (χ0) is 18.6. The monoisotopic (exact) mass is 379 g/mol. The number of hydrogen-bond donors (Lipinski definition) is 1. The van der Waals surface area contributed by atoms with Crippen molar-refractivity contribution in [3.8, 4) is 0 Å². The third kappa shape index (κ3) is 3.97. The number of carbonyl (C=O) groups is 1. The van der Waals surface area contributed by atoms with Crippen LogP contribution in [0.4, 0.5) is 0 Å². The van der Waals surface area contributed by atoms with Crippen LogP contribution >= 0.6 is 11.6 Å². The molecule has 0 aliphatic carbocycles. The van der Waals surface area contributed by atoms with E-state index in [9.17, 15) is 4.79 Å². The van der Waals surface area contributed by atoms with Gasteiger partial charge in [-0.3, -0.25) is 9.78 Å². The molecule has 1 saturated heterocycles. The lowest BCUT2D eigenvalue weighted by Gasteiger charge is -2.36. The van der Waals surface area contributed by atoms with Gasteiger partial charge in [0.1, 0.15) is 0 Å². The summed E-state index contributed by atoms with van der Waals surface area (Å²) in [6.45, 7) is 2.29. The van der Waals surface area contributed by atoms with Gasteiger partial charge in [0.25, 0.3) is 0 Å². The number of fused-ring (bicyclic) bond motifs is 1. The maximum atomic E-state index is 13.0. The average molecular weight is 380 g/mol. The van der Waals surface area contributed by atoms with Crippen LogP contribution in [0.25, 0.3) is 10.9 Å². The number of para-hydroxylation sites is 1. The van der Waals surface area contributed by atoms with Crippen LogP contribution in [0.2, 0.25) is 5.02 Å². The molecule has 3 aromatic rings. The second-order valence-corrected chi connectivity index (χ2v) is 7.29. The van der Waals surface area contributed by atoms with Crippen molar-refractivity contribution in [1.29, 1.82) is 0 Å². The van der Waals surface area contributed by atoms with Crippen molar-refractivity contribution in [2.75, 3.05) is 19.6 Å². The van der Waals surface area contributed by atoms with Gasteiger partial charge in [-0.05, 0) is 41.8 Å². The van der Waals surface area contributed by atoms with Crippen molar-refractivity contribution >= 4 is 28.4 Å². The molecule has 2 aromatic carbocycles. The molecule has 1 N–H and O–H groups in total. The fraction of sp³-hybridized carbons (Fsp3) is 0.273. The van der Waals surface area contributed by atoms with Crippen LogP contribution in [-0.4, -0.2) is 35.4 Å². The first-order valence-electron chi connectivity index (χ1n) is 9.30. The van der Waals surface area contributed by atoms with E-state index in [2.05, 4.69) is 16.4 Å². The van der Waals surface area contributed by atoms with Crippen LogP contribution in [0.5, 0.6) is 0 Å². The molecule has 0 radical (unpaired) electrons. The number of aryl methyl sites for hydroxylation is 1. The second-order valence-electron chi connectivity index (χ2n) is 6.85. The summed E-state index contributed by atoms with van der Waals surface area (Å²) in [6, 6.07) is 17.9. The Morgan fingerprint density at radius 2 is 2.07 bits per heavy atom. The van der Waals surface area contributed by atoms with E-state index in [1.807, 2.05) is 59.6 Å². The van der Waals surface area contributed by atoms with Crippen molar-refractivity contribution in [3.05, 3.63) is 76.9 Å². The summed E-state index contributed by atoms with van der Waals surface area (Å²) in [5, 5.41) is 5.22. The summed E-state index contributed by atoms with van der Waals surface area (Å²) in [7, 11) is 0.